The van der Waals surface area contributed by atoms with Crippen LogP contribution in [-0.4, -0.2) is 54.6 Å². The summed E-state index contributed by atoms with van der Waals surface area (Å²) in [5, 5.41) is 27.6. The predicted molar refractivity (Wildman–Crippen MR) is 44.9 cm³/mol. The van der Waals surface area contributed by atoms with E-state index < -0.39 is 24.3 Å². The Balaban J connectivity index is 3.99. The van der Waals surface area contributed by atoms with Gasteiger partial charge in [0.1, 0.15) is 14.0 Å². The molecule has 3 N–H and O–H groups in total. The van der Waals surface area contributed by atoms with Crippen molar-refractivity contribution in [1.29, 1.82) is 0 Å². The standard InChI is InChI=1S/C7H15BO4/c1-3-4(9)5(10)6(11)7(8)12-2/h4-7,9-11H,3H2,1-2H3/t4-,5+,6-,7-/m0/s1. The second kappa shape index (κ2) is 5.53. The Morgan fingerprint density at radius 1 is 1.25 bits per heavy atom. The van der Waals surface area contributed by atoms with Crippen LogP contribution in [0.5, 0.6) is 0 Å². The predicted octanol–water partition coefficient (Wildman–Crippen LogP) is -1.38. The monoisotopic (exact) mass is 174 g/mol. The van der Waals surface area contributed by atoms with Gasteiger partial charge < -0.3 is 20.1 Å². The van der Waals surface area contributed by atoms with Gasteiger partial charge in [0.25, 0.3) is 0 Å². The van der Waals surface area contributed by atoms with Crippen molar-refractivity contribution in [1.82, 2.24) is 0 Å². The van der Waals surface area contributed by atoms with Crippen LogP contribution in [0.2, 0.25) is 0 Å². The highest BCUT2D eigenvalue weighted by Gasteiger charge is 2.27. The summed E-state index contributed by atoms with van der Waals surface area (Å²) in [5.41, 5.74) is 0. The molecule has 0 aromatic rings. The molecule has 0 unspecified atom stereocenters. The molecule has 0 aromatic heterocycles. The minimum atomic E-state index is -1.26. The Morgan fingerprint density at radius 2 is 1.75 bits per heavy atom. The summed E-state index contributed by atoms with van der Waals surface area (Å²) >= 11 is 0. The highest BCUT2D eigenvalue weighted by Crippen LogP contribution is 2.07. The summed E-state index contributed by atoms with van der Waals surface area (Å²) in [5.74, 6) is 0. The van der Waals surface area contributed by atoms with Gasteiger partial charge in [-0.15, -0.1) is 0 Å². The molecule has 0 amide bonds. The summed E-state index contributed by atoms with van der Waals surface area (Å²) in [6.45, 7) is 1.69. The average Bonchev–Trinajstić information content (AvgIpc) is 2.12. The number of rotatable bonds is 5. The van der Waals surface area contributed by atoms with Gasteiger partial charge >= 0.3 is 0 Å². The Kier molecular flexibility index (Phi) is 5.49. The van der Waals surface area contributed by atoms with E-state index in [9.17, 15) is 10.2 Å². The van der Waals surface area contributed by atoms with Crippen molar-refractivity contribution >= 4 is 7.85 Å². The minimum absolute atomic E-state index is 0.356. The third kappa shape index (κ3) is 3.10. The first kappa shape index (κ1) is 11.9. The van der Waals surface area contributed by atoms with Crippen LogP contribution in [0.1, 0.15) is 13.3 Å². The van der Waals surface area contributed by atoms with E-state index >= 15 is 0 Å². The van der Waals surface area contributed by atoms with Crippen LogP contribution in [0.3, 0.4) is 0 Å². The van der Waals surface area contributed by atoms with E-state index in [2.05, 4.69) is 4.74 Å². The lowest BCUT2D eigenvalue weighted by Gasteiger charge is -2.26. The molecule has 4 nitrogen and oxygen atoms in total. The van der Waals surface area contributed by atoms with Crippen LogP contribution in [0, 0.1) is 0 Å². The molecule has 0 fully saturated rings. The summed E-state index contributed by atoms with van der Waals surface area (Å²) < 4.78 is 4.58. The number of hydrogen-bond acceptors (Lipinski definition) is 4. The molecule has 70 valence electrons. The summed E-state index contributed by atoms with van der Waals surface area (Å²) in [6, 6.07) is -0.971. The van der Waals surface area contributed by atoms with Crippen LogP contribution in [0.4, 0.5) is 0 Å². The van der Waals surface area contributed by atoms with Crippen LogP contribution in [0.15, 0.2) is 0 Å². The molecular formula is C7H15BO4. The van der Waals surface area contributed by atoms with E-state index in [1.807, 2.05) is 0 Å². The normalized spacial score (nSPS) is 21.4. The molecular weight excluding hydrogens is 159 g/mol. The zero-order chi connectivity index (χ0) is 9.72. The van der Waals surface area contributed by atoms with E-state index in [1.165, 1.54) is 7.11 Å². The lowest BCUT2D eigenvalue weighted by atomic mass is 9.89. The molecule has 0 aliphatic rings. The van der Waals surface area contributed by atoms with Crippen molar-refractivity contribution in [2.24, 2.45) is 0 Å². The Labute approximate surface area is 73.6 Å². The lowest BCUT2D eigenvalue weighted by Crippen LogP contribution is -2.45. The maximum absolute atomic E-state index is 9.23. The first-order valence-corrected chi connectivity index (χ1v) is 3.87. The summed E-state index contributed by atoms with van der Waals surface area (Å²) in [6.07, 6.45) is -3.13. The van der Waals surface area contributed by atoms with Crippen LogP contribution in [0.25, 0.3) is 0 Å². The van der Waals surface area contributed by atoms with E-state index in [0.717, 1.165) is 0 Å². The zero-order valence-electron chi connectivity index (χ0n) is 7.34. The topological polar surface area (TPSA) is 69.9 Å². The minimum Gasteiger partial charge on any atom is -0.390 e. The molecule has 0 rings (SSSR count). The molecule has 0 saturated carbocycles. The van der Waals surface area contributed by atoms with Crippen molar-refractivity contribution in [2.75, 3.05) is 7.11 Å². The first-order chi connectivity index (χ1) is 5.54. The maximum Gasteiger partial charge on any atom is 0.112 e. The Hall–Kier alpha value is -0.0951. The molecule has 0 bridgehead atoms. The van der Waals surface area contributed by atoms with Crippen LogP contribution in [-0.2, 0) is 4.74 Å². The van der Waals surface area contributed by atoms with Crippen LogP contribution >= 0.6 is 0 Å². The van der Waals surface area contributed by atoms with Gasteiger partial charge in [-0.2, -0.15) is 0 Å². The van der Waals surface area contributed by atoms with E-state index in [1.54, 1.807) is 6.92 Å². The molecule has 0 aliphatic heterocycles. The van der Waals surface area contributed by atoms with Gasteiger partial charge in [-0.3, -0.25) is 0 Å². The van der Waals surface area contributed by atoms with Crippen molar-refractivity contribution < 1.29 is 20.1 Å². The first-order valence-electron chi connectivity index (χ1n) is 3.87. The molecule has 5 heteroatoms. The number of hydrogen-bond donors (Lipinski definition) is 3. The largest absolute Gasteiger partial charge is 0.390 e. The number of aliphatic hydroxyl groups excluding tert-OH is 3. The van der Waals surface area contributed by atoms with Gasteiger partial charge in [0.05, 0.1) is 12.2 Å². The summed E-state index contributed by atoms with van der Waals surface area (Å²) in [7, 11) is 6.58. The van der Waals surface area contributed by atoms with E-state index in [4.69, 9.17) is 13.0 Å². The maximum atomic E-state index is 9.23. The van der Waals surface area contributed by atoms with Crippen molar-refractivity contribution in [3.8, 4) is 0 Å². The molecule has 0 spiro atoms. The fraction of sp³-hybridized carbons (Fsp3) is 1.00. The van der Waals surface area contributed by atoms with Gasteiger partial charge in [0.2, 0.25) is 0 Å². The van der Waals surface area contributed by atoms with Crippen molar-refractivity contribution in [2.45, 2.75) is 37.7 Å². The molecule has 0 aliphatic carbocycles. The number of aliphatic hydroxyl groups is 3. The molecule has 0 saturated heterocycles. The molecule has 0 aromatic carbocycles. The second-order valence-corrected chi connectivity index (χ2v) is 2.66. The third-order valence-electron chi connectivity index (χ3n) is 1.77. The van der Waals surface area contributed by atoms with Gasteiger partial charge in [-0.25, -0.2) is 0 Å². The van der Waals surface area contributed by atoms with Gasteiger partial charge in [-0.05, 0) is 6.42 Å². The highest BCUT2D eigenvalue weighted by atomic mass is 16.5. The zero-order valence-corrected chi connectivity index (χ0v) is 7.34. The van der Waals surface area contributed by atoms with Gasteiger partial charge in [0.15, 0.2) is 0 Å². The third-order valence-corrected chi connectivity index (χ3v) is 1.77. The number of methoxy groups -OCH3 is 1. The molecule has 4 atom stereocenters. The lowest BCUT2D eigenvalue weighted by molar-refractivity contribution is -0.0934. The fourth-order valence-electron chi connectivity index (χ4n) is 0.803. The average molecular weight is 174 g/mol. The Morgan fingerprint density at radius 3 is 2.08 bits per heavy atom. The van der Waals surface area contributed by atoms with E-state index in [-0.39, 0.29) is 0 Å². The fourth-order valence-corrected chi connectivity index (χ4v) is 0.803. The Bertz CT molecular complexity index is 108. The SMILES string of the molecule is [B][C@@H](OC)[C@@H](O)[C@H](O)[C@@H](O)CC. The van der Waals surface area contributed by atoms with Crippen molar-refractivity contribution in [3.05, 3.63) is 0 Å². The highest BCUT2D eigenvalue weighted by molar-refractivity contribution is 6.11. The quantitative estimate of drug-likeness (QED) is 0.449. The summed E-state index contributed by atoms with van der Waals surface area (Å²) in [4.78, 5) is 0. The van der Waals surface area contributed by atoms with Gasteiger partial charge in [-0.1, -0.05) is 6.92 Å². The number of ether oxygens (including phenoxy) is 1. The molecule has 2 radical (unpaired) electrons. The van der Waals surface area contributed by atoms with Gasteiger partial charge in [0, 0.05) is 13.1 Å². The van der Waals surface area contributed by atoms with Crippen molar-refractivity contribution in [3.63, 3.8) is 0 Å². The molecule has 0 heterocycles. The second-order valence-electron chi connectivity index (χ2n) is 2.66. The smallest absolute Gasteiger partial charge is 0.112 e. The van der Waals surface area contributed by atoms with Crippen LogP contribution < -0.4 is 0 Å². The van der Waals surface area contributed by atoms with E-state index in [0.29, 0.717) is 6.42 Å². The molecule has 12 heavy (non-hydrogen) atoms.